The van der Waals surface area contributed by atoms with Gasteiger partial charge in [-0.25, -0.2) is 4.79 Å². The van der Waals surface area contributed by atoms with Crippen LogP contribution in [0, 0.1) is 0 Å². The molecule has 2 N–H and O–H groups in total. The van der Waals surface area contributed by atoms with Crippen LogP contribution in [0.4, 0.5) is 10.5 Å². The average molecular weight is 291 g/mol. The van der Waals surface area contributed by atoms with Gasteiger partial charge in [0, 0.05) is 18.3 Å². The van der Waals surface area contributed by atoms with Crippen molar-refractivity contribution in [1.29, 1.82) is 0 Å². The Morgan fingerprint density at radius 3 is 2.71 bits per heavy atom. The van der Waals surface area contributed by atoms with E-state index in [0.29, 0.717) is 30.2 Å². The van der Waals surface area contributed by atoms with E-state index in [9.17, 15) is 9.59 Å². The Kier molecular flexibility index (Phi) is 4.06. The van der Waals surface area contributed by atoms with Crippen molar-refractivity contribution in [3.8, 4) is 5.75 Å². The highest BCUT2D eigenvalue weighted by Gasteiger charge is 2.21. The Bertz CT molecular complexity index is 564. The number of carbonyl (C=O) groups excluding carboxylic acids is 2. The van der Waals surface area contributed by atoms with E-state index in [4.69, 9.17) is 4.74 Å². The molecule has 2 rings (SSSR count). The van der Waals surface area contributed by atoms with E-state index >= 15 is 0 Å². The Morgan fingerprint density at radius 2 is 2.05 bits per heavy atom. The summed E-state index contributed by atoms with van der Waals surface area (Å²) in [6.45, 7) is 6.70. The molecular formula is C15H21N3O3. The molecule has 6 heteroatoms. The number of hydrogen-bond acceptors (Lipinski definition) is 3. The zero-order valence-corrected chi connectivity index (χ0v) is 12.8. The number of fused-ring (bicyclic) bond motifs is 1. The van der Waals surface area contributed by atoms with Crippen molar-refractivity contribution in [1.82, 2.24) is 10.2 Å². The summed E-state index contributed by atoms with van der Waals surface area (Å²) in [7, 11) is 1.73. The molecular weight excluding hydrogens is 270 g/mol. The van der Waals surface area contributed by atoms with Crippen LogP contribution in [0.25, 0.3) is 0 Å². The van der Waals surface area contributed by atoms with E-state index in [1.807, 2.05) is 20.8 Å². The van der Waals surface area contributed by atoms with Crippen molar-refractivity contribution in [2.75, 3.05) is 25.5 Å². The number of urea groups is 1. The largest absolute Gasteiger partial charge is 0.491 e. The van der Waals surface area contributed by atoms with Crippen LogP contribution in [0.2, 0.25) is 0 Å². The fourth-order valence-electron chi connectivity index (χ4n) is 2.00. The smallest absolute Gasteiger partial charge is 0.319 e. The molecule has 0 unspecified atom stereocenters. The minimum Gasteiger partial charge on any atom is -0.491 e. The second-order valence-corrected chi connectivity index (χ2v) is 6.12. The first-order valence-electron chi connectivity index (χ1n) is 6.88. The number of carbonyl (C=O) groups is 2. The molecule has 0 saturated heterocycles. The predicted molar refractivity (Wildman–Crippen MR) is 80.8 cm³/mol. The van der Waals surface area contributed by atoms with E-state index < -0.39 is 0 Å². The van der Waals surface area contributed by atoms with E-state index in [-0.39, 0.29) is 17.5 Å². The standard InChI is InChI=1S/C15H21N3O3/c1-15(2,3)17-14(20)16-10-5-6-12-11(9-10)13(19)18(4)7-8-21-12/h5-6,9H,7-8H2,1-4H3,(H2,16,17,20). The summed E-state index contributed by atoms with van der Waals surface area (Å²) in [4.78, 5) is 25.7. The van der Waals surface area contributed by atoms with Gasteiger partial charge in [0.2, 0.25) is 0 Å². The van der Waals surface area contributed by atoms with Gasteiger partial charge >= 0.3 is 6.03 Å². The van der Waals surface area contributed by atoms with Gasteiger partial charge in [-0.1, -0.05) is 0 Å². The number of rotatable bonds is 1. The number of ether oxygens (including phenoxy) is 1. The van der Waals surface area contributed by atoms with Crippen LogP contribution in [-0.2, 0) is 0 Å². The van der Waals surface area contributed by atoms with Gasteiger partial charge in [-0.3, -0.25) is 4.79 Å². The lowest BCUT2D eigenvalue weighted by atomic mass is 10.1. The molecule has 1 aromatic rings. The van der Waals surface area contributed by atoms with Crippen molar-refractivity contribution in [3.05, 3.63) is 23.8 Å². The summed E-state index contributed by atoms with van der Waals surface area (Å²) in [6, 6.07) is 4.76. The van der Waals surface area contributed by atoms with Gasteiger partial charge in [0.25, 0.3) is 5.91 Å². The highest BCUT2D eigenvalue weighted by atomic mass is 16.5. The van der Waals surface area contributed by atoms with Gasteiger partial charge in [-0.15, -0.1) is 0 Å². The number of hydrogen-bond donors (Lipinski definition) is 2. The van der Waals surface area contributed by atoms with Gasteiger partial charge in [-0.05, 0) is 39.0 Å². The van der Waals surface area contributed by atoms with Gasteiger partial charge in [0.15, 0.2) is 0 Å². The quantitative estimate of drug-likeness (QED) is 0.832. The fraction of sp³-hybridized carbons (Fsp3) is 0.467. The lowest BCUT2D eigenvalue weighted by Gasteiger charge is -2.21. The van der Waals surface area contributed by atoms with Crippen molar-refractivity contribution in [2.45, 2.75) is 26.3 Å². The Balaban J connectivity index is 2.19. The average Bonchev–Trinajstić information content (AvgIpc) is 2.49. The molecule has 1 aromatic carbocycles. The molecule has 0 aromatic heterocycles. The van der Waals surface area contributed by atoms with Gasteiger partial charge in [0.1, 0.15) is 12.4 Å². The first-order valence-corrected chi connectivity index (χ1v) is 6.88. The predicted octanol–water partition coefficient (Wildman–Crippen LogP) is 2.07. The number of benzene rings is 1. The summed E-state index contributed by atoms with van der Waals surface area (Å²) in [5.74, 6) is 0.438. The number of nitrogens with one attached hydrogen (secondary N) is 2. The molecule has 3 amide bonds. The van der Waals surface area contributed by atoms with Gasteiger partial charge < -0.3 is 20.3 Å². The summed E-state index contributed by atoms with van der Waals surface area (Å²) >= 11 is 0. The van der Waals surface area contributed by atoms with Crippen LogP contribution in [0.15, 0.2) is 18.2 Å². The third-order valence-corrected chi connectivity index (χ3v) is 2.99. The third-order valence-electron chi connectivity index (χ3n) is 2.99. The summed E-state index contributed by atoms with van der Waals surface area (Å²) in [5, 5.41) is 5.53. The van der Waals surface area contributed by atoms with Crippen LogP contribution < -0.4 is 15.4 Å². The topological polar surface area (TPSA) is 70.7 Å². The van der Waals surface area contributed by atoms with Crippen LogP contribution in [0.3, 0.4) is 0 Å². The van der Waals surface area contributed by atoms with Crippen LogP contribution in [0.5, 0.6) is 5.75 Å². The molecule has 1 aliphatic rings. The van der Waals surface area contributed by atoms with Crippen molar-refractivity contribution in [2.24, 2.45) is 0 Å². The number of amides is 3. The molecule has 1 heterocycles. The minimum absolute atomic E-state index is 0.109. The van der Waals surface area contributed by atoms with Crippen molar-refractivity contribution >= 4 is 17.6 Å². The highest BCUT2D eigenvalue weighted by molar-refractivity contribution is 5.99. The lowest BCUT2D eigenvalue weighted by molar-refractivity contribution is 0.0796. The molecule has 1 aliphatic heterocycles. The normalized spacial score (nSPS) is 14.9. The summed E-state index contributed by atoms with van der Waals surface area (Å²) in [6.07, 6.45) is 0. The minimum atomic E-state index is -0.324. The van der Waals surface area contributed by atoms with Crippen LogP contribution in [-0.4, -0.2) is 42.6 Å². The second kappa shape index (κ2) is 5.63. The number of anilines is 1. The fourth-order valence-corrected chi connectivity index (χ4v) is 2.00. The van der Waals surface area contributed by atoms with E-state index in [1.165, 1.54) is 0 Å². The molecule has 114 valence electrons. The van der Waals surface area contributed by atoms with Crippen LogP contribution in [0.1, 0.15) is 31.1 Å². The van der Waals surface area contributed by atoms with E-state index in [0.717, 1.165) is 0 Å². The maximum Gasteiger partial charge on any atom is 0.319 e. The summed E-state index contributed by atoms with van der Waals surface area (Å²) in [5.41, 5.74) is 0.695. The molecule has 0 fully saturated rings. The van der Waals surface area contributed by atoms with Crippen molar-refractivity contribution in [3.63, 3.8) is 0 Å². The first-order chi connectivity index (χ1) is 9.76. The molecule has 0 bridgehead atoms. The maximum atomic E-state index is 12.2. The van der Waals surface area contributed by atoms with Gasteiger partial charge in [-0.2, -0.15) is 0 Å². The molecule has 21 heavy (non-hydrogen) atoms. The Labute approximate surface area is 124 Å². The van der Waals surface area contributed by atoms with Crippen LogP contribution >= 0.6 is 0 Å². The maximum absolute atomic E-state index is 12.2. The highest BCUT2D eigenvalue weighted by Crippen LogP contribution is 2.26. The molecule has 6 nitrogen and oxygen atoms in total. The van der Waals surface area contributed by atoms with E-state index in [1.54, 1.807) is 30.1 Å². The molecule has 0 aliphatic carbocycles. The molecule has 0 atom stereocenters. The summed E-state index contributed by atoms with van der Waals surface area (Å²) < 4.78 is 5.54. The van der Waals surface area contributed by atoms with E-state index in [2.05, 4.69) is 10.6 Å². The third kappa shape index (κ3) is 3.87. The SMILES string of the molecule is CN1CCOc2ccc(NC(=O)NC(C)(C)C)cc2C1=O. The Morgan fingerprint density at radius 1 is 1.33 bits per heavy atom. The Hall–Kier alpha value is -2.24. The molecule has 0 saturated carbocycles. The zero-order chi connectivity index (χ0) is 15.6. The van der Waals surface area contributed by atoms with Gasteiger partial charge in [0.05, 0.1) is 12.1 Å². The van der Waals surface area contributed by atoms with Crippen molar-refractivity contribution < 1.29 is 14.3 Å². The zero-order valence-electron chi connectivity index (χ0n) is 12.8. The second-order valence-electron chi connectivity index (χ2n) is 6.12. The monoisotopic (exact) mass is 291 g/mol. The lowest BCUT2D eigenvalue weighted by Crippen LogP contribution is -2.43. The molecule has 0 spiro atoms. The number of likely N-dealkylation sites (N-methyl/N-ethyl adjacent to an activating group) is 1. The number of nitrogens with zero attached hydrogens (tertiary/aromatic N) is 1. The first kappa shape index (κ1) is 15.2. The molecule has 0 radical (unpaired) electrons.